The van der Waals surface area contributed by atoms with E-state index >= 15 is 0 Å². The lowest BCUT2D eigenvalue weighted by molar-refractivity contribution is 0.242. The van der Waals surface area contributed by atoms with Crippen LogP contribution in [0.2, 0.25) is 0 Å². The third-order valence-corrected chi connectivity index (χ3v) is 4.27. The minimum atomic E-state index is 0.139. The molecule has 4 aromatic rings. The summed E-state index contributed by atoms with van der Waals surface area (Å²) < 4.78 is 13.2. The van der Waals surface area contributed by atoms with Crippen molar-refractivity contribution in [3.05, 3.63) is 66.9 Å². The Morgan fingerprint density at radius 1 is 0.815 bits per heavy atom. The second-order valence-corrected chi connectivity index (χ2v) is 6.60. The first-order valence-corrected chi connectivity index (χ1v) is 8.90. The highest BCUT2D eigenvalue weighted by molar-refractivity contribution is 5.68. The number of methoxy groups -OCH3 is 1. The first-order valence-electron chi connectivity index (χ1n) is 8.90. The average molecular weight is 359 g/mol. The Morgan fingerprint density at radius 2 is 1.56 bits per heavy atom. The van der Waals surface area contributed by atoms with Crippen LogP contribution in [0.1, 0.15) is 13.8 Å². The summed E-state index contributed by atoms with van der Waals surface area (Å²) in [6, 6.07) is 20.0. The first kappa shape index (κ1) is 17.1. The minimum absolute atomic E-state index is 0.139. The van der Waals surface area contributed by atoms with Gasteiger partial charge in [0.25, 0.3) is 0 Å². The summed E-state index contributed by atoms with van der Waals surface area (Å²) in [5, 5.41) is 8.66. The summed E-state index contributed by atoms with van der Waals surface area (Å²) >= 11 is 0. The minimum Gasteiger partial charge on any atom is -0.497 e. The predicted molar refractivity (Wildman–Crippen MR) is 106 cm³/mol. The van der Waals surface area contributed by atoms with E-state index < -0.39 is 0 Å². The van der Waals surface area contributed by atoms with Gasteiger partial charge in [0.1, 0.15) is 11.5 Å². The highest BCUT2D eigenvalue weighted by atomic mass is 16.5. The summed E-state index contributed by atoms with van der Waals surface area (Å²) in [4.78, 5) is 0. The third-order valence-electron chi connectivity index (χ3n) is 4.27. The van der Waals surface area contributed by atoms with Crippen molar-refractivity contribution in [3.63, 3.8) is 0 Å². The highest BCUT2D eigenvalue weighted by Gasteiger charge is 2.11. The van der Waals surface area contributed by atoms with Gasteiger partial charge in [-0.1, -0.05) is 24.3 Å². The van der Waals surface area contributed by atoms with E-state index in [0.29, 0.717) is 0 Å². The molecule has 0 atom stereocenters. The molecule has 0 saturated heterocycles. The summed E-state index contributed by atoms with van der Waals surface area (Å²) in [6.07, 6.45) is 2.19. The molecule has 5 heteroatoms. The van der Waals surface area contributed by atoms with Gasteiger partial charge in [-0.15, -0.1) is 10.2 Å². The molecular weight excluding hydrogens is 338 g/mol. The van der Waals surface area contributed by atoms with Gasteiger partial charge in [0.15, 0.2) is 11.5 Å². The van der Waals surface area contributed by atoms with Crippen molar-refractivity contribution in [1.82, 2.24) is 14.6 Å². The Labute approximate surface area is 158 Å². The normalized spacial score (nSPS) is 11.1. The highest BCUT2D eigenvalue weighted by Crippen LogP contribution is 2.27. The molecule has 2 aromatic heterocycles. The smallest absolute Gasteiger partial charge is 0.168 e. The second-order valence-electron chi connectivity index (χ2n) is 6.60. The molecule has 27 heavy (non-hydrogen) atoms. The van der Waals surface area contributed by atoms with Crippen LogP contribution in [-0.4, -0.2) is 27.8 Å². The van der Waals surface area contributed by atoms with Gasteiger partial charge in [-0.3, -0.25) is 4.40 Å². The number of pyridine rings is 1. The number of nitrogens with zero attached hydrogens (tertiary/aromatic N) is 3. The van der Waals surface area contributed by atoms with Crippen molar-refractivity contribution in [2.45, 2.75) is 20.0 Å². The van der Waals surface area contributed by atoms with Crippen molar-refractivity contribution in [2.75, 3.05) is 7.11 Å². The van der Waals surface area contributed by atoms with E-state index in [2.05, 4.69) is 28.5 Å². The molecule has 0 bridgehead atoms. The van der Waals surface area contributed by atoms with Gasteiger partial charge in [-0.2, -0.15) is 0 Å². The molecule has 0 amide bonds. The third kappa shape index (κ3) is 3.49. The number of hydrogen-bond donors (Lipinski definition) is 0. The van der Waals surface area contributed by atoms with Crippen molar-refractivity contribution in [3.8, 4) is 34.0 Å². The van der Waals surface area contributed by atoms with Gasteiger partial charge in [0.05, 0.1) is 13.2 Å². The zero-order valence-electron chi connectivity index (χ0n) is 15.6. The lowest BCUT2D eigenvalue weighted by Crippen LogP contribution is -2.05. The van der Waals surface area contributed by atoms with Crippen molar-refractivity contribution < 1.29 is 9.47 Å². The monoisotopic (exact) mass is 359 g/mol. The van der Waals surface area contributed by atoms with Crippen LogP contribution < -0.4 is 9.47 Å². The maximum Gasteiger partial charge on any atom is 0.168 e. The maximum absolute atomic E-state index is 5.82. The molecule has 5 nitrogen and oxygen atoms in total. The Kier molecular flexibility index (Phi) is 4.50. The van der Waals surface area contributed by atoms with E-state index in [-0.39, 0.29) is 6.10 Å². The standard InChI is InChI=1S/C22H21N3O2/c1-15(2)27-20-9-4-6-16(12-20)18-10-11-21-23-24-22(25(21)14-18)17-7-5-8-19(13-17)26-3/h4-15H,1-3H3. The second kappa shape index (κ2) is 7.11. The molecule has 0 radical (unpaired) electrons. The Balaban J connectivity index is 1.78. The fourth-order valence-corrected chi connectivity index (χ4v) is 3.04. The number of fused-ring (bicyclic) bond motifs is 1. The molecule has 136 valence electrons. The molecule has 0 aliphatic carbocycles. The van der Waals surface area contributed by atoms with Crippen LogP contribution in [0, 0.1) is 0 Å². The van der Waals surface area contributed by atoms with E-state index in [0.717, 1.165) is 39.7 Å². The quantitative estimate of drug-likeness (QED) is 0.511. The number of ether oxygens (including phenoxy) is 2. The topological polar surface area (TPSA) is 48.7 Å². The SMILES string of the molecule is COc1cccc(-c2nnc3ccc(-c4cccc(OC(C)C)c4)cn23)c1. The number of aromatic nitrogens is 3. The number of hydrogen-bond acceptors (Lipinski definition) is 4. The molecule has 0 fully saturated rings. The fraction of sp³-hybridized carbons (Fsp3) is 0.182. The summed E-state index contributed by atoms with van der Waals surface area (Å²) in [5.74, 6) is 2.43. The van der Waals surface area contributed by atoms with Gasteiger partial charge >= 0.3 is 0 Å². The van der Waals surface area contributed by atoms with Gasteiger partial charge < -0.3 is 9.47 Å². The van der Waals surface area contributed by atoms with Crippen molar-refractivity contribution in [2.24, 2.45) is 0 Å². The number of benzene rings is 2. The molecule has 2 heterocycles. The van der Waals surface area contributed by atoms with E-state index in [1.54, 1.807) is 7.11 Å². The first-order chi connectivity index (χ1) is 13.1. The summed E-state index contributed by atoms with van der Waals surface area (Å²) in [6.45, 7) is 4.05. The Hall–Kier alpha value is -3.34. The maximum atomic E-state index is 5.82. The lowest BCUT2D eigenvalue weighted by Gasteiger charge is -2.11. The largest absolute Gasteiger partial charge is 0.497 e. The van der Waals surface area contributed by atoms with E-state index in [4.69, 9.17) is 9.47 Å². The molecule has 0 aliphatic heterocycles. The Morgan fingerprint density at radius 3 is 2.33 bits per heavy atom. The van der Waals surface area contributed by atoms with Crippen LogP contribution in [0.4, 0.5) is 0 Å². The van der Waals surface area contributed by atoms with Crippen LogP contribution in [0.5, 0.6) is 11.5 Å². The number of rotatable bonds is 5. The van der Waals surface area contributed by atoms with E-state index in [1.807, 2.05) is 66.8 Å². The summed E-state index contributed by atoms with van der Waals surface area (Å²) in [5.41, 5.74) is 3.91. The molecule has 0 unspecified atom stereocenters. The molecule has 0 aliphatic rings. The lowest BCUT2D eigenvalue weighted by atomic mass is 10.1. The van der Waals surface area contributed by atoms with Crippen molar-refractivity contribution >= 4 is 5.65 Å². The van der Waals surface area contributed by atoms with Gasteiger partial charge in [-0.05, 0) is 61.4 Å². The zero-order chi connectivity index (χ0) is 18.8. The molecule has 0 saturated carbocycles. The predicted octanol–water partition coefficient (Wildman–Crippen LogP) is 4.86. The molecule has 4 rings (SSSR count). The van der Waals surface area contributed by atoms with Crippen LogP contribution in [0.3, 0.4) is 0 Å². The van der Waals surface area contributed by atoms with Gasteiger partial charge in [-0.25, -0.2) is 0 Å². The average Bonchev–Trinajstić information content (AvgIpc) is 3.11. The van der Waals surface area contributed by atoms with Crippen LogP contribution in [0.15, 0.2) is 66.9 Å². The van der Waals surface area contributed by atoms with E-state index in [9.17, 15) is 0 Å². The van der Waals surface area contributed by atoms with Gasteiger partial charge in [0, 0.05) is 11.8 Å². The molecule has 0 spiro atoms. The molecule has 0 N–H and O–H groups in total. The van der Waals surface area contributed by atoms with Crippen LogP contribution >= 0.6 is 0 Å². The Bertz CT molecular complexity index is 1090. The zero-order valence-corrected chi connectivity index (χ0v) is 15.6. The molecular formula is C22H21N3O2. The van der Waals surface area contributed by atoms with Gasteiger partial charge in [0.2, 0.25) is 0 Å². The molecule has 2 aromatic carbocycles. The van der Waals surface area contributed by atoms with Crippen LogP contribution in [-0.2, 0) is 0 Å². The van der Waals surface area contributed by atoms with Crippen LogP contribution in [0.25, 0.3) is 28.2 Å². The summed E-state index contributed by atoms with van der Waals surface area (Å²) in [7, 11) is 1.66. The van der Waals surface area contributed by atoms with Crippen molar-refractivity contribution in [1.29, 1.82) is 0 Å². The fourth-order valence-electron chi connectivity index (χ4n) is 3.04. The van der Waals surface area contributed by atoms with E-state index in [1.165, 1.54) is 0 Å².